The number of aromatic nitrogens is 2. The van der Waals surface area contributed by atoms with Gasteiger partial charge in [0, 0.05) is 18.8 Å². The molecule has 0 saturated carbocycles. The number of methoxy groups -OCH3 is 1. The Morgan fingerprint density at radius 2 is 2.50 bits per heavy atom. The van der Waals surface area contributed by atoms with Crippen molar-refractivity contribution in [1.82, 2.24) is 9.97 Å². The molecule has 0 aliphatic carbocycles. The Balaban J connectivity index is 1.83. The third kappa shape index (κ3) is 3.04. The molecule has 1 unspecified atom stereocenters. The van der Waals surface area contributed by atoms with Crippen molar-refractivity contribution in [2.75, 3.05) is 38.8 Å². The lowest BCUT2D eigenvalue weighted by Crippen LogP contribution is -2.34. The molecule has 0 amide bonds. The summed E-state index contributed by atoms with van der Waals surface area (Å²) in [6.07, 6.45) is 1.70. The number of hydrogen-bond donors (Lipinski definition) is 1. The highest BCUT2D eigenvalue weighted by molar-refractivity contribution is 5.27. The molecule has 0 spiro atoms. The van der Waals surface area contributed by atoms with Gasteiger partial charge in [-0.2, -0.15) is 4.98 Å². The second-order valence-electron chi connectivity index (χ2n) is 3.37. The Bertz CT molecular complexity index is 329. The Labute approximate surface area is 93.9 Å². The number of ether oxygens (including phenoxy) is 3. The van der Waals surface area contributed by atoms with Gasteiger partial charge < -0.3 is 19.5 Å². The first-order valence-corrected chi connectivity index (χ1v) is 5.19. The molecule has 2 rings (SSSR count). The fourth-order valence-corrected chi connectivity index (χ4v) is 1.40. The Kier molecular flexibility index (Phi) is 3.90. The number of nitrogens with zero attached hydrogens (tertiary/aromatic N) is 2. The Morgan fingerprint density at radius 3 is 3.25 bits per heavy atom. The van der Waals surface area contributed by atoms with Gasteiger partial charge in [-0.05, 0) is 0 Å². The molecule has 1 aromatic heterocycles. The SMILES string of the molecule is COc1ccnc(NCC2COCCO2)n1. The Morgan fingerprint density at radius 1 is 1.56 bits per heavy atom. The van der Waals surface area contributed by atoms with E-state index in [2.05, 4.69) is 15.3 Å². The molecule has 0 bridgehead atoms. The summed E-state index contributed by atoms with van der Waals surface area (Å²) in [5.74, 6) is 1.08. The van der Waals surface area contributed by atoms with Crippen LogP contribution in [0.2, 0.25) is 0 Å². The average molecular weight is 225 g/mol. The third-order valence-corrected chi connectivity index (χ3v) is 2.21. The van der Waals surface area contributed by atoms with Crippen LogP contribution < -0.4 is 10.1 Å². The molecule has 6 nitrogen and oxygen atoms in total. The topological polar surface area (TPSA) is 65.5 Å². The number of anilines is 1. The molecule has 2 heterocycles. The van der Waals surface area contributed by atoms with E-state index >= 15 is 0 Å². The highest BCUT2D eigenvalue weighted by Crippen LogP contribution is 2.08. The second kappa shape index (κ2) is 5.62. The molecular weight excluding hydrogens is 210 g/mol. The van der Waals surface area contributed by atoms with Crippen molar-refractivity contribution in [2.45, 2.75) is 6.10 Å². The minimum absolute atomic E-state index is 0.0588. The van der Waals surface area contributed by atoms with Gasteiger partial charge in [0.25, 0.3) is 0 Å². The quantitative estimate of drug-likeness (QED) is 0.795. The number of rotatable bonds is 4. The van der Waals surface area contributed by atoms with Crippen molar-refractivity contribution in [3.05, 3.63) is 12.3 Å². The lowest BCUT2D eigenvalue weighted by Gasteiger charge is -2.22. The first-order chi connectivity index (χ1) is 7.88. The first-order valence-electron chi connectivity index (χ1n) is 5.19. The molecule has 0 radical (unpaired) electrons. The van der Waals surface area contributed by atoms with Gasteiger partial charge >= 0.3 is 0 Å². The maximum Gasteiger partial charge on any atom is 0.226 e. The van der Waals surface area contributed by atoms with Crippen molar-refractivity contribution in [3.8, 4) is 5.88 Å². The summed E-state index contributed by atoms with van der Waals surface area (Å²) in [5, 5.41) is 3.08. The summed E-state index contributed by atoms with van der Waals surface area (Å²) in [5.41, 5.74) is 0. The van der Waals surface area contributed by atoms with E-state index in [9.17, 15) is 0 Å². The lowest BCUT2D eigenvalue weighted by atomic mass is 10.3. The van der Waals surface area contributed by atoms with E-state index in [-0.39, 0.29) is 6.10 Å². The zero-order valence-corrected chi connectivity index (χ0v) is 9.18. The van der Waals surface area contributed by atoms with Crippen LogP contribution in [0.15, 0.2) is 12.3 Å². The van der Waals surface area contributed by atoms with Gasteiger partial charge in [-0.25, -0.2) is 4.98 Å². The average Bonchev–Trinajstić information content (AvgIpc) is 2.38. The molecule has 1 N–H and O–H groups in total. The van der Waals surface area contributed by atoms with Crippen LogP contribution in [-0.2, 0) is 9.47 Å². The minimum atomic E-state index is 0.0588. The van der Waals surface area contributed by atoms with Crippen molar-refractivity contribution in [3.63, 3.8) is 0 Å². The number of nitrogens with one attached hydrogen (secondary N) is 1. The molecule has 1 fully saturated rings. The molecule has 1 atom stereocenters. The maximum atomic E-state index is 5.48. The zero-order valence-electron chi connectivity index (χ0n) is 9.18. The molecule has 6 heteroatoms. The highest BCUT2D eigenvalue weighted by Gasteiger charge is 2.14. The van der Waals surface area contributed by atoms with Gasteiger partial charge in [0.05, 0.1) is 33.0 Å². The van der Waals surface area contributed by atoms with Crippen LogP contribution >= 0.6 is 0 Å². The lowest BCUT2D eigenvalue weighted by molar-refractivity contribution is -0.0819. The van der Waals surface area contributed by atoms with E-state index in [4.69, 9.17) is 14.2 Å². The van der Waals surface area contributed by atoms with E-state index in [1.54, 1.807) is 19.4 Å². The van der Waals surface area contributed by atoms with Gasteiger partial charge in [0.1, 0.15) is 0 Å². The largest absolute Gasteiger partial charge is 0.481 e. The summed E-state index contributed by atoms with van der Waals surface area (Å²) in [7, 11) is 1.57. The number of hydrogen-bond acceptors (Lipinski definition) is 6. The standard InChI is InChI=1S/C10H15N3O3/c1-14-9-2-3-11-10(13-9)12-6-8-7-15-4-5-16-8/h2-3,8H,4-7H2,1H3,(H,11,12,13). The summed E-state index contributed by atoms with van der Waals surface area (Å²) in [4.78, 5) is 8.21. The molecular formula is C10H15N3O3. The van der Waals surface area contributed by atoms with Crippen molar-refractivity contribution < 1.29 is 14.2 Å². The van der Waals surface area contributed by atoms with Crippen LogP contribution in [-0.4, -0.2) is 49.5 Å². The van der Waals surface area contributed by atoms with E-state index < -0.39 is 0 Å². The summed E-state index contributed by atoms with van der Waals surface area (Å²) < 4.78 is 15.8. The summed E-state index contributed by atoms with van der Waals surface area (Å²) in [6.45, 7) is 2.56. The van der Waals surface area contributed by atoms with Crippen molar-refractivity contribution in [1.29, 1.82) is 0 Å². The monoisotopic (exact) mass is 225 g/mol. The summed E-state index contributed by atoms with van der Waals surface area (Å²) in [6, 6.07) is 1.70. The maximum absolute atomic E-state index is 5.48. The van der Waals surface area contributed by atoms with Crippen LogP contribution in [0.3, 0.4) is 0 Å². The van der Waals surface area contributed by atoms with E-state index in [1.165, 1.54) is 0 Å². The van der Waals surface area contributed by atoms with E-state index in [0.717, 1.165) is 0 Å². The van der Waals surface area contributed by atoms with Gasteiger partial charge in [-0.1, -0.05) is 0 Å². The van der Waals surface area contributed by atoms with Crippen LogP contribution in [0.25, 0.3) is 0 Å². The fraction of sp³-hybridized carbons (Fsp3) is 0.600. The molecule has 16 heavy (non-hydrogen) atoms. The predicted octanol–water partition coefficient (Wildman–Crippen LogP) is 0.312. The van der Waals surface area contributed by atoms with Gasteiger partial charge in [0.15, 0.2) is 0 Å². The van der Waals surface area contributed by atoms with Crippen LogP contribution in [0.1, 0.15) is 0 Å². The smallest absolute Gasteiger partial charge is 0.226 e. The first kappa shape index (κ1) is 11.1. The minimum Gasteiger partial charge on any atom is -0.481 e. The summed E-state index contributed by atoms with van der Waals surface area (Å²) >= 11 is 0. The van der Waals surface area contributed by atoms with Gasteiger partial charge in [0.2, 0.25) is 11.8 Å². The van der Waals surface area contributed by atoms with Gasteiger partial charge in [-0.3, -0.25) is 0 Å². The highest BCUT2D eigenvalue weighted by atomic mass is 16.6. The second-order valence-corrected chi connectivity index (χ2v) is 3.37. The molecule has 1 saturated heterocycles. The predicted molar refractivity (Wildman–Crippen MR) is 57.6 cm³/mol. The molecule has 0 aromatic carbocycles. The zero-order chi connectivity index (χ0) is 11.2. The molecule has 1 aliphatic heterocycles. The van der Waals surface area contributed by atoms with Crippen LogP contribution in [0.5, 0.6) is 5.88 Å². The van der Waals surface area contributed by atoms with Gasteiger partial charge in [-0.15, -0.1) is 0 Å². The normalized spacial score (nSPS) is 20.4. The molecule has 1 aromatic rings. The van der Waals surface area contributed by atoms with Crippen LogP contribution in [0.4, 0.5) is 5.95 Å². The van der Waals surface area contributed by atoms with Crippen LogP contribution in [0, 0.1) is 0 Å². The van der Waals surface area contributed by atoms with Crippen molar-refractivity contribution >= 4 is 5.95 Å². The van der Waals surface area contributed by atoms with E-state index in [0.29, 0.717) is 38.2 Å². The Hall–Kier alpha value is -1.40. The van der Waals surface area contributed by atoms with Crippen molar-refractivity contribution in [2.24, 2.45) is 0 Å². The van der Waals surface area contributed by atoms with E-state index in [1.807, 2.05) is 0 Å². The third-order valence-electron chi connectivity index (χ3n) is 2.21. The fourth-order valence-electron chi connectivity index (χ4n) is 1.40. The molecule has 88 valence electrons. The molecule has 1 aliphatic rings.